The molecule has 0 aromatic heterocycles. The van der Waals surface area contributed by atoms with E-state index in [-0.39, 0.29) is 29.8 Å². The molecule has 5 nitrogen and oxygen atoms in total. The van der Waals surface area contributed by atoms with Crippen LogP contribution in [-0.2, 0) is 17.4 Å². The third-order valence-corrected chi connectivity index (χ3v) is 8.77. The van der Waals surface area contributed by atoms with Gasteiger partial charge in [-0.3, -0.25) is 14.5 Å². The van der Waals surface area contributed by atoms with Gasteiger partial charge in [-0.25, -0.2) is 4.39 Å². The first-order chi connectivity index (χ1) is 19.2. The quantitative estimate of drug-likeness (QED) is 0.402. The molecule has 2 heterocycles. The molecule has 5 rings (SSSR count). The molecule has 2 aromatic carbocycles. The van der Waals surface area contributed by atoms with Crippen LogP contribution in [0, 0.1) is 5.92 Å². The molecule has 1 saturated carbocycles. The highest BCUT2D eigenvalue weighted by atomic mass is 19.4. The van der Waals surface area contributed by atoms with Crippen molar-refractivity contribution in [2.45, 2.75) is 57.2 Å². The Labute approximate surface area is 233 Å². The van der Waals surface area contributed by atoms with Gasteiger partial charge >= 0.3 is 6.18 Å². The predicted molar refractivity (Wildman–Crippen MR) is 146 cm³/mol. The van der Waals surface area contributed by atoms with Gasteiger partial charge in [-0.1, -0.05) is 43.5 Å². The number of halogens is 4. The summed E-state index contributed by atoms with van der Waals surface area (Å²) in [4.78, 5) is 31.6. The van der Waals surface area contributed by atoms with E-state index in [4.69, 9.17) is 0 Å². The minimum atomic E-state index is -4.55. The Morgan fingerprint density at radius 1 is 0.850 bits per heavy atom. The molecule has 2 amide bonds. The van der Waals surface area contributed by atoms with Crippen LogP contribution in [0.5, 0.6) is 0 Å². The monoisotopic (exact) mass is 559 g/mol. The Kier molecular flexibility index (Phi) is 8.78. The third-order valence-electron chi connectivity index (χ3n) is 8.77. The molecule has 0 N–H and O–H groups in total. The summed E-state index contributed by atoms with van der Waals surface area (Å²) in [7, 11) is 0. The second kappa shape index (κ2) is 12.3. The molecular formula is C31H37F4N3O2. The molecule has 2 aliphatic heterocycles. The fourth-order valence-electron chi connectivity index (χ4n) is 6.45. The summed E-state index contributed by atoms with van der Waals surface area (Å²) in [6, 6.07) is 11.2. The van der Waals surface area contributed by atoms with E-state index in [1.807, 2.05) is 9.80 Å². The van der Waals surface area contributed by atoms with E-state index in [9.17, 15) is 27.2 Å². The van der Waals surface area contributed by atoms with E-state index in [1.54, 1.807) is 35.2 Å². The lowest BCUT2D eigenvalue weighted by Crippen LogP contribution is -2.49. The lowest BCUT2D eigenvalue weighted by atomic mass is 9.91. The number of nitrogens with zero attached hydrogens (tertiary/aromatic N) is 3. The van der Waals surface area contributed by atoms with Crippen molar-refractivity contribution in [2.75, 3.05) is 45.9 Å². The molecule has 2 saturated heterocycles. The maximum Gasteiger partial charge on any atom is 0.416 e. The van der Waals surface area contributed by atoms with Gasteiger partial charge in [0, 0.05) is 56.8 Å². The topological polar surface area (TPSA) is 43.9 Å². The van der Waals surface area contributed by atoms with Crippen LogP contribution in [0.1, 0.15) is 60.0 Å². The number of hydrogen-bond donors (Lipinski definition) is 0. The molecule has 0 radical (unpaired) electrons. The summed E-state index contributed by atoms with van der Waals surface area (Å²) in [6.45, 7) is 2.84. The van der Waals surface area contributed by atoms with Crippen molar-refractivity contribution in [3.63, 3.8) is 0 Å². The summed E-state index contributed by atoms with van der Waals surface area (Å²) in [6.07, 6.45) is 1.50. The number of hydrogen-bond acceptors (Lipinski definition) is 3. The van der Waals surface area contributed by atoms with Gasteiger partial charge in [-0.05, 0) is 60.6 Å². The van der Waals surface area contributed by atoms with Crippen molar-refractivity contribution in [1.29, 1.82) is 0 Å². The van der Waals surface area contributed by atoms with Crippen LogP contribution in [0.25, 0.3) is 11.1 Å². The number of carbonyl (C=O) groups is 2. The van der Waals surface area contributed by atoms with Gasteiger partial charge in [-0.2, -0.15) is 13.2 Å². The van der Waals surface area contributed by atoms with Crippen LogP contribution >= 0.6 is 0 Å². The van der Waals surface area contributed by atoms with Crippen molar-refractivity contribution >= 4 is 11.8 Å². The van der Waals surface area contributed by atoms with Crippen molar-refractivity contribution in [1.82, 2.24) is 14.7 Å². The lowest BCUT2D eigenvalue weighted by molar-refractivity contribution is -0.139. The number of rotatable bonds is 7. The molecule has 1 unspecified atom stereocenters. The van der Waals surface area contributed by atoms with Gasteiger partial charge in [0.2, 0.25) is 5.91 Å². The highest BCUT2D eigenvalue weighted by Gasteiger charge is 2.39. The van der Waals surface area contributed by atoms with Crippen molar-refractivity contribution in [2.24, 2.45) is 5.92 Å². The molecule has 9 heteroatoms. The number of benzene rings is 2. The van der Waals surface area contributed by atoms with Crippen LogP contribution in [0.4, 0.5) is 17.6 Å². The number of amides is 2. The minimum absolute atomic E-state index is 0.00631. The van der Waals surface area contributed by atoms with E-state index >= 15 is 0 Å². The van der Waals surface area contributed by atoms with E-state index in [1.165, 1.54) is 12.5 Å². The molecule has 40 heavy (non-hydrogen) atoms. The maximum atomic E-state index is 14.2. The SMILES string of the molecule is O=C(c1ccc(-c2ccc(CC3CCN(C4CCCCC4)C3=O)c(C(F)(F)F)c2)cc1)N1CCN(CCF)CC1. The van der Waals surface area contributed by atoms with Gasteiger partial charge in [0.05, 0.1) is 5.56 Å². The average molecular weight is 560 g/mol. The molecular weight excluding hydrogens is 522 g/mol. The molecule has 216 valence electrons. The van der Waals surface area contributed by atoms with E-state index in [0.717, 1.165) is 31.7 Å². The van der Waals surface area contributed by atoms with Gasteiger partial charge in [0.25, 0.3) is 5.91 Å². The zero-order valence-corrected chi connectivity index (χ0v) is 22.8. The first-order valence-corrected chi connectivity index (χ1v) is 14.4. The zero-order chi connectivity index (χ0) is 28.3. The fourth-order valence-corrected chi connectivity index (χ4v) is 6.45. The van der Waals surface area contributed by atoms with Crippen LogP contribution in [0.2, 0.25) is 0 Å². The summed E-state index contributed by atoms with van der Waals surface area (Å²) >= 11 is 0. The molecule has 1 atom stereocenters. The number of alkyl halides is 4. The van der Waals surface area contributed by atoms with Crippen molar-refractivity contribution in [3.8, 4) is 11.1 Å². The largest absolute Gasteiger partial charge is 0.416 e. The van der Waals surface area contributed by atoms with E-state index in [2.05, 4.69) is 0 Å². The molecule has 1 aliphatic carbocycles. The third kappa shape index (κ3) is 6.35. The Balaban J connectivity index is 1.28. The minimum Gasteiger partial charge on any atom is -0.339 e. The van der Waals surface area contributed by atoms with Crippen molar-refractivity contribution < 1.29 is 27.2 Å². The van der Waals surface area contributed by atoms with Crippen LogP contribution in [-0.4, -0.2) is 78.5 Å². The van der Waals surface area contributed by atoms with E-state index < -0.39 is 24.3 Å². The highest BCUT2D eigenvalue weighted by molar-refractivity contribution is 5.94. The number of carbonyl (C=O) groups excluding carboxylic acids is 2. The zero-order valence-electron chi connectivity index (χ0n) is 22.8. The molecule has 3 fully saturated rings. The summed E-state index contributed by atoms with van der Waals surface area (Å²) < 4.78 is 55.1. The van der Waals surface area contributed by atoms with Gasteiger partial charge in [0.15, 0.2) is 0 Å². The normalized spacial score (nSPS) is 21.3. The Morgan fingerprint density at radius 2 is 1.52 bits per heavy atom. The molecule has 0 bridgehead atoms. The number of piperazine rings is 1. The van der Waals surface area contributed by atoms with E-state index in [0.29, 0.717) is 62.4 Å². The Morgan fingerprint density at radius 3 is 2.17 bits per heavy atom. The highest BCUT2D eigenvalue weighted by Crippen LogP contribution is 2.38. The Hall–Kier alpha value is -2.94. The second-order valence-corrected chi connectivity index (χ2v) is 11.3. The van der Waals surface area contributed by atoms with Crippen molar-refractivity contribution in [3.05, 3.63) is 59.2 Å². The smallest absolute Gasteiger partial charge is 0.339 e. The molecule has 0 spiro atoms. The molecule has 3 aliphatic rings. The summed E-state index contributed by atoms with van der Waals surface area (Å²) in [5.41, 5.74) is 0.912. The van der Waals surface area contributed by atoms with Gasteiger partial charge in [-0.15, -0.1) is 0 Å². The first-order valence-electron chi connectivity index (χ1n) is 14.4. The van der Waals surface area contributed by atoms with Crippen LogP contribution in [0.15, 0.2) is 42.5 Å². The van der Waals surface area contributed by atoms with Gasteiger partial charge < -0.3 is 9.80 Å². The first kappa shape index (κ1) is 28.6. The Bertz CT molecular complexity index is 1190. The van der Waals surface area contributed by atoms with Crippen LogP contribution in [0.3, 0.4) is 0 Å². The second-order valence-electron chi connectivity index (χ2n) is 11.3. The summed E-state index contributed by atoms with van der Waals surface area (Å²) in [5, 5.41) is 0. The molecule has 2 aromatic rings. The lowest BCUT2D eigenvalue weighted by Gasteiger charge is -2.34. The van der Waals surface area contributed by atoms with Crippen LogP contribution < -0.4 is 0 Å². The maximum absolute atomic E-state index is 14.2. The van der Waals surface area contributed by atoms with Gasteiger partial charge in [0.1, 0.15) is 6.67 Å². The number of likely N-dealkylation sites (tertiary alicyclic amines) is 1. The summed E-state index contributed by atoms with van der Waals surface area (Å²) in [5.74, 6) is -0.563. The average Bonchev–Trinajstić information content (AvgIpc) is 3.33. The standard InChI is InChI=1S/C31H37F4N3O2/c32-13-15-36-16-18-37(19-17-36)29(39)23-8-6-22(7-9-23)24-10-11-25(28(21-24)31(33,34)35)20-26-12-14-38(30(26)40)27-4-2-1-3-5-27/h6-11,21,26-27H,1-5,12-20H2. The fraction of sp³-hybridized carbons (Fsp3) is 0.548. The predicted octanol–water partition coefficient (Wildman–Crippen LogP) is 5.82.